The molecule has 108 valence electrons. The van der Waals surface area contributed by atoms with Gasteiger partial charge in [0.1, 0.15) is 0 Å². The topological polar surface area (TPSA) is 92.2 Å². The Morgan fingerprint density at radius 1 is 0.556 bits per heavy atom. The van der Waals surface area contributed by atoms with Crippen LogP contribution in [0.3, 0.4) is 0 Å². The standard InChI is InChI=1S/4C2H5O.2C2H5.2Al/c4*1-2-3;2*1-2;;/h4*2H2,1H3;2*1H2,2H3;;/q4*-1;;;+1;+3. The van der Waals surface area contributed by atoms with E-state index in [1.54, 1.807) is 27.7 Å². The fourth-order valence-corrected chi connectivity index (χ4v) is 0.866. The summed E-state index contributed by atoms with van der Waals surface area (Å²) in [6.07, 6.45) is 0. The Hall–Kier alpha value is 0.905. The van der Waals surface area contributed by atoms with E-state index in [1.165, 1.54) is 10.6 Å². The van der Waals surface area contributed by atoms with Gasteiger partial charge in [0.05, 0.1) is 0 Å². The Labute approximate surface area is 131 Å². The van der Waals surface area contributed by atoms with Crippen LogP contribution in [0.25, 0.3) is 0 Å². The molecule has 0 radical (unpaired) electrons. The van der Waals surface area contributed by atoms with Gasteiger partial charge in [-0.25, -0.2) is 0 Å². The summed E-state index contributed by atoms with van der Waals surface area (Å²) in [6.45, 7) is 10.8. The average Bonchev–Trinajstić information content (AvgIpc) is 2.23. The van der Waals surface area contributed by atoms with Gasteiger partial charge in [-0.05, 0) is 0 Å². The van der Waals surface area contributed by atoms with Crippen LogP contribution in [0.2, 0.25) is 10.6 Å². The Morgan fingerprint density at radius 2 is 0.667 bits per heavy atom. The first-order valence-electron chi connectivity index (χ1n) is 6.21. The third-order valence-electron chi connectivity index (χ3n) is 0.577. The maximum atomic E-state index is 8.93. The van der Waals surface area contributed by atoms with Gasteiger partial charge < -0.3 is 20.4 Å². The van der Waals surface area contributed by atoms with E-state index in [-0.39, 0.29) is 43.8 Å². The molecular weight excluding hydrogens is 262 g/mol. The van der Waals surface area contributed by atoms with Gasteiger partial charge in [-0.2, -0.15) is 0 Å². The molecule has 0 fully saturated rings. The maximum Gasteiger partial charge on any atom is 3.00 e. The Bertz CT molecular complexity index is 51.3. The summed E-state index contributed by atoms with van der Waals surface area (Å²) >= 11 is 0.815. The van der Waals surface area contributed by atoms with Crippen LogP contribution in [-0.2, 0) is 0 Å². The molecule has 0 saturated heterocycles. The minimum absolute atomic E-state index is 0. The van der Waals surface area contributed by atoms with E-state index in [2.05, 4.69) is 13.8 Å². The van der Waals surface area contributed by atoms with Gasteiger partial charge in [-0.1, -0.05) is 27.7 Å². The summed E-state index contributed by atoms with van der Waals surface area (Å²) in [5, 5.41) is 38.6. The molecule has 0 aliphatic carbocycles. The number of rotatable bonds is 2. The van der Waals surface area contributed by atoms with Crippen molar-refractivity contribution in [3.05, 3.63) is 0 Å². The molecule has 0 amide bonds. The van der Waals surface area contributed by atoms with Gasteiger partial charge in [0.25, 0.3) is 0 Å². The fraction of sp³-hybridized carbons (Fsp3) is 1.00. The van der Waals surface area contributed by atoms with Crippen LogP contribution < -0.4 is 20.4 Å². The van der Waals surface area contributed by atoms with Crippen molar-refractivity contribution >= 4 is 32.6 Å². The SMILES string of the molecule is CC[O-].CC[O-].CC[O-].CC[O-].C[CH2][Al+][CH2]C.[Al+3]. The normalized spacial score (nSPS) is 5.89. The van der Waals surface area contributed by atoms with Gasteiger partial charge in [0.15, 0.2) is 0 Å². The van der Waals surface area contributed by atoms with Crippen LogP contribution in [0.4, 0.5) is 0 Å². The van der Waals surface area contributed by atoms with Gasteiger partial charge >= 0.3 is 57.0 Å². The molecule has 0 saturated carbocycles. The van der Waals surface area contributed by atoms with E-state index >= 15 is 0 Å². The largest absolute Gasteiger partial charge is 3.00 e. The molecule has 0 aromatic heterocycles. The summed E-state index contributed by atoms with van der Waals surface area (Å²) in [5.74, 6) is 0. The molecule has 6 heteroatoms. The monoisotopic (exact) mass is 292 g/mol. The first kappa shape index (κ1) is 36.4. The third kappa shape index (κ3) is 507. The minimum Gasteiger partial charge on any atom is 3.00 e. The second kappa shape index (κ2) is 81.9. The van der Waals surface area contributed by atoms with E-state index < -0.39 is 0 Å². The quantitative estimate of drug-likeness (QED) is 0.588. The molecule has 0 atom stereocenters. The average molecular weight is 292 g/mol. The summed E-state index contributed by atoms with van der Waals surface area (Å²) in [6, 6.07) is 0. The second-order valence-corrected chi connectivity index (χ2v) is 4.47. The summed E-state index contributed by atoms with van der Waals surface area (Å²) in [5.41, 5.74) is 0. The van der Waals surface area contributed by atoms with Crippen LogP contribution >= 0.6 is 0 Å². The van der Waals surface area contributed by atoms with Crippen molar-refractivity contribution in [1.82, 2.24) is 0 Å². The number of hydrogen-bond donors (Lipinski definition) is 0. The molecule has 0 N–H and O–H groups in total. The smallest absolute Gasteiger partial charge is 3.00 e. The molecule has 0 rings (SSSR count). The van der Waals surface area contributed by atoms with Gasteiger partial charge in [-0.15, -0.1) is 26.4 Å². The van der Waals surface area contributed by atoms with Crippen molar-refractivity contribution in [2.24, 2.45) is 0 Å². The summed E-state index contributed by atoms with van der Waals surface area (Å²) < 4.78 is 0. The molecule has 0 spiro atoms. The van der Waals surface area contributed by atoms with Crippen molar-refractivity contribution in [2.75, 3.05) is 26.4 Å². The zero-order chi connectivity index (χ0) is 14.9. The Morgan fingerprint density at radius 3 is 0.667 bits per heavy atom. The van der Waals surface area contributed by atoms with Crippen LogP contribution in [-0.4, -0.2) is 59.0 Å². The van der Waals surface area contributed by atoms with Crippen molar-refractivity contribution in [1.29, 1.82) is 0 Å². The zero-order valence-corrected chi connectivity index (χ0v) is 15.3. The maximum absolute atomic E-state index is 8.93. The second-order valence-electron chi connectivity index (χ2n) is 2.26. The Kier molecular flexibility index (Phi) is 166. The predicted molar refractivity (Wildman–Crippen MR) is 74.6 cm³/mol. The number of hydrogen-bond acceptors (Lipinski definition) is 4. The first-order chi connectivity index (χ1) is 8.07. The van der Waals surface area contributed by atoms with E-state index in [9.17, 15) is 0 Å². The van der Waals surface area contributed by atoms with Crippen LogP contribution in [0.15, 0.2) is 0 Å². The van der Waals surface area contributed by atoms with Crippen molar-refractivity contribution in [3.8, 4) is 0 Å². The van der Waals surface area contributed by atoms with E-state index in [4.69, 9.17) is 20.4 Å². The molecular formula is C12H30Al2O4. The van der Waals surface area contributed by atoms with Crippen LogP contribution in [0, 0.1) is 0 Å². The molecule has 0 aliphatic rings. The molecule has 0 aromatic rings. The summed E-state index contributed by atoms with van der Waals surface area (Å²) in [4.78, 5) is 0. The van der Waals surface area contributed by atoms with Crippen molar-refractivity contribution < 1.29 is 20.4 Å². The molecule has 0 bridgehead atoms. The van der Waals surface area contributed by atoms with Gasteiger partial charge in [0, 0.05) is 0 Å². The predicted octanol–water partition coefficient (Wildman–Crippen LogP) is -1.35. The molecule has 18 heavy (non-hydrogen) atoms. The third-order valence-corrected chi connectivity index (χ3v) is 1.73. The fourth-order valence-electron chi connectivity index (χ4n) is 0.289. The summed E-state index contributed by atoms with van der Waals surface area (Å²) in [7, 11) is 0. The molecule has 0 aromatic carbocycles. The van der Waals surface area contributed by atoms with Crippen LogP contribution in [0.1, 0.15) is 41.5 Å². The molecule has 4 nitrogen and oxygen atoms in total. The van der Waals surface area contributed by atoms with E-state index in [0.29, 0.717) is 0 Å². The Balaban J connectivity index is -0.0000000252. The van der Waals surface area contributed by atoms with E-state index in [1.807, 2.05) is 0 Å². The van der Waals surface area contributed by atoms with Crippen molar-refractivity contribution in [3.63, 3.8) is 0 Å². The van der Waals surface area contributed by atoms with Crippen LogP contribution in [0.5, 0.6) is 0 Å². The molecule has 0 aliphatic heterocycles. The molecule has 0 heterocycles. The van der Waals surface area contributed by atoms with Gasteiger partial charge in [0.2, 0.25) is 0 Å². The van der Waals surface area contributed by atoms with E-state index in [0.717, 1.165) is 15.2 Å². The minimum atomic E-state index is 0. The van der Waals surface area contributed by atoms with Gasteiger partial charge in [-0.3, -0.25) is 0 Å². The molecule has 0 unspecified atom stereocenters. The van der Waals surface area contributed by atoms with Crippen molar-refractivity contribution in [2.45, 2.75) is 52.1 Å². The first-order valence-corrected chi connectivity index (χ1v) is 7.85. The zero-order valence-electron chi connectivity index (χ0n) is 13.0.